The number of hydrogen-bond donors (Lipinski definition) is 1. The van der Waals surface area contributed by atoms with Crippen molar-refractivity contribution >= 4 is 0 Å². The van der Waals surface area contributed by atoms with Gasteiger partial charge in [-0.25, -0.2) is 0 Å². The lowest BCUT2D eigenvalue weighted by Crippen LogP contribution is -2.28. The van der Waals surface area contributed by atoms with Crippen molar-refractivity contribution in [3.05, 3.63) is 11.7 Å². The van der Waals surface area contributed by atoms with Crippen molar-refractivity contribution in [2.24, 2.45) is 0 Å². The number of nitrogens with one attached hydrogen (secondary N) is 1. The van der Waals surface area contributed by atoms with E-state index in [1.165, 1.54) is 0 Å². The van der Waals surface area contributed by atoms with Gasteiger partial charge in [-0.05, 0) is 26.8 Å². The fourth-order valence-corrected chi connectivity index (χ4v) is 1.10. The Morgan fingerprint density at radius 3 is 2.73 bits per heavy atom. The second-order valence-electron chi connectivity index (χ2n) is 4.12. The molecule has 5 nitrogen and oxygen atoms in total. The Labute approximate surface area is 90.2 Å². The third-order valence-electron chi connectivity index (χ3n) is 2.31. The van der Waals surface area contributed by atoms with Crippen LogP contribution in [0.25, 0.3) is 0 Å². The zero-order chi connectivity index (χ0) is 11.3. The average Bonchev–Trinajstić information content (AvgIpc) is 2.59. The van der Waals surface area contributed by atoms with Crippen molar-refractivity contribution in [2.45, 2.75) is 39.3 Å². The van der Waals surface area contributed by atoms with E-state index in [1.54, 1.807) is 14.0 Å². The lowest BCUT2D eigenvalue weighted by molar-refractivity contribution is 0.0158. The van der Waals surface area contributed by atoms with Crippen LogP contribution in [0.1, 0.15) is 32.0 Å². The maximum absolute atomic E-state index is 5.30. The second kappa shape index (κ2) is 5.23. The molecule has 0 aromatic carbocycles. The molecule has 1 rings (SSSR count). The highest BCUT2D eigenvalue weighted by Crippen LogP contribution is 2.11. The van der Waals surface area contributed by atoms with Gasteiger partial charge in [-0.2, -0.15) is 4.98 Å². The maximum Gasteiger partial charge on any atom is 0.223 e. The Balaban J connectivity index is 2.17. The highest BCUT2D eigenvalue weighted by atomic mass is 16.5. The molecule has 0 unspecified atom stereocenters. The number of methoxy groups -OCH3 is 1. The average molecular weight is 213 g/mol. The summed E-state index contributed by atoms with van der Waals surface area (Å²) < 4.78 is 10.2. The summed E-state index contributed by atoms with van der Waals surface area (Å²) in [4.78, 5) is 4.09. The number of rotatable bonds is 6. The highest BCUT2D eigenvalue weighted by molar-refractivity contribution is 4.83. The Morgan fingerprint density at radius 1 is 1.47 bits per heavy atom. The Bertz CT molecular complexity index is 297. The fraction of sp³-hybridized carbons (Fsp3) is 0.800. The molecule has 5 heteroatoms. The standard InChI is InChI=1S/C10H19N3O2/c1-8-12-9(13-15-8)7-11-6-5-10(2,3)14-4/h11H,5-7H2,1-4H3. The molecule has 15 heavy (non-hydrogen) atoms. The van der Waals surface area contributed by atoms with Crippen LogP contribution in [0.15, 0.2) is 4.52 Å². The molecule has 0 aliphatic rings. The lowest BCUT2D eigenvalue weighted by Gasteiger charge is -2.22. The summed E-state index contributed by atoms with van der Waals surface area (Å²) in [6.45, 7) is 7.41. The summed E-state index contributed by atoms with van der Waals surface area (Å²) >= 11 is 0. The molecule has 1 N–H and O–H groups in total. The van der Waals surface area contributed by atoms with E-state index in [2.05, 4.69) is 29.3 Å². The van der Waals surface area contributed by atoms with Crippen molar-refractivity contribution in [2.75, 3.05) is 13.7 Å². The molecule has 0 aliphatic heterocycles. The first-order chi connectivity index (χ1) is 7.03. The first-order valence-electron chi connectivity index (χ1n) is 5.08. The van der Waals surface area contributed by atoms with E-state index in [9.17, 15) is 0 Å². The van der Waals surface area contributed by atoms with Crippen LogP contribution < -0.4 is 5.32 Å². The van der Waals surface area contributed by atoms with Crippen LogP contribution in [-0.4, -0.2) is 29.4 Å². The van der Waals surface area contributed by atoms with Crippen LogP contribution in [0.2, 0.25) is 0 Å². The van der Waals surface area contributed by atoms with E-state index in [1.807, 2.05) is 0 Å². The molecule has 0 fully saturated rings. The van der Waals surface area contributed by atoms with Crippen LogP contribution in [-0.2, 0) is 11.3 Å². The first-order valence-corrected chi connectivity index (χ1v) is 5.08. The van der Waals surface area contributed by atoms with Gasteiger partial charge in [-0.15, -0.1) is 0 Å². The van der Waals surface area contributed by atoms with Gasteiger partial charge in [0.15, 0.2) is 5.82 Å². The van der Waals surface area contributed by atoms with Gasteiger partial charge in [0.2, 0.25) is 5.89 Å². The quantitative estimate of drug-likeness (QED) is 0.721. The molecule has 0 spiro atoms. The Hall–Kier alpha value is -0.940. The molecule has 86 valence electrons. The molecule has 1 heterocycles. The largest absolute Gasteiger partial charge is 0.379 e. The maximum atomic E-state index is 5.30. The van der Waals surface area contributed by atoms with E-state index >= 15 is 0 Å². The van der Waals surface area contributed by atoms with Gasteiger partial charge < -0.3 is 14.6 Å². The molecule has 0 amide bonds. The molecule has 1 aromatic rings. The number of ether oxygens (including phenoxy) is 1. The highest BCUT2D eigenvalue weighted by Gasteiger charge is 2.15. The van der Waals surface area contributed by atoms with E-state index < -0.39 is 0 Å². The number of aromatic nitrogens is 2. The van der Waals surface area contributed by atoms with Gasteiger partial charge in [0.1, 0.15) is 0 Å². The minimum atomic E-state index is -0.0832. The minimum absolute atomic E-state index is 0.0832. The first kappa shape index (κ1) is 12.1. The third kappa shape index (κ3) is 4.40. The van der Waals surface area contributed by atoms with Crippen molar-refractivity contribution in [1.82, 2.24) is 15.5 Å². The lowest BCUT2D eigenvalue weighted by atomic mass is 10.1. The van der Waals surface area contributed by atoms with Gasteiger partial charge in [0.25, 0.3) is 0 Å². The van der Waals surface area contributed by atoms with Crippen molar-refractivity contribution < 1.29 is 9.26 Å². The molecular weight excluding hydrogens is 194 g/mol. The van der Waals surface area contributed by atoms with Crippen LogP contribution in [0.3, 0.4) is 0 Å². The number of aryl methyl sites for hydroxylation is 1. The van der Waals surface area contributed by atoms with Crippen LogP contribution in [0, 0.1) is 6.92 Å². The predicted octanol–water partition coefficient (Wildman–Crippen LogP) is 1.28. The Morgan fingerprint density at radius 2 is 2.20 bits per heavy atom. The fourth-order valence-electron chi connectivity index (χ4n) is 1.10. The molecule has 0 radical (unpaired) electrons. The Kier molecular flexibility index (Phi) is 4.23. The molecule has 0 saturated heterocycles. The molecule has 0 atom stereocenters. The van der Waals surface area contributed by atoms with Crippen molar-refractivity contribution in [3.8, 4) is 0 Å². The molecular formula is C10H19N3O2. The van der Waals surface area contributed by atoms with Crippen molar-refractivity contribution in [1.29, 1.82) is 0 Å². The summed E-state index contributed by atoms with van der Waals surface area (Å²) in [6.07, 6.45) is 0.945. The smallest absolute Gasteiger partial charge is 0.223 e. The van der Waals surface area contributed by atoms with Gasteiger partial charge in [0, 0.05) is 14.0 Å². The van der Waals surface area contributed by atoms with Crippen LogP contribution in [0.5, 0.6) is 0 Å². The monoisotopic (exact) mass is 213 g/mol. The third-order valence-corrected chi connectivity index (χ3v) is 2.31. The number of nitrogens with zero attached hydrogens (tertiary/aromatic N) is 2. The van der Waals surface area contributed by atoms with Crippen LogP contribution >= 0.6 is 0 Å². The molecule has 1 aromatic heterocycles. The SMILES string of the molecule is COC(C)(C)CCNCc1noc(C)n1. The summed E-state index contributed by atoms with van der Waals surface area (Å²) in [5.41, 5.74) is -0.0832. The van der Waals surface area contributed by atoms with Crippen molar-refractivity contribution in [3.63, 3.8) is 0 Å². The summed E-state index contributed by atoms with van der Waals surface area (Å²) in [6, 6.07) is 0. The molecule has 0 aliphatic carbocycles. The summed E-state index contributed by atoms with van der Waals surface area (Å²) in [5, 5.41) is 7.03. The van der Waals surface area contributed by atoms with Gasteiger partial charge in [-0.3, -0.25) is 0 Å². The molecule has 0 bridgehead atoms. The molecule has 0 saturated carbocycles. The van der Waals surface area contributed by atoms with Gasteiger partial charge in [-0.1, -0.05) is 5.16 Å². The van der Waals surface area contributed by atoms with E-state index in [0.29, 0.717) is 18.3 Å². The minimum Gasteiger partial charge on any atom is -0.379 e. The predicted molar refractivity (Wildman–Crippen MR) is 56.4 cm³/mol. The topological polar surface area (TPSA) is 60.2 Å². The zero-order valence-electron chi connectivity index (χ0n) is 9.83. The van der Waals surface area contributed by atoms with Gasteiger partial charge >= 0.3 is 0 Å². The van der Waals surface area contributed by atoms with E-state index in [4.69, 9.17) is 9.26 Å². The van der Waals surface area contributed by atoms with E-state index in [-0.39, 0.29) is 5.60 Å². The van der Waals surface area contributed by atoms with E-state index in [0.717, 1.165) is 13.0 Å². The summed E-state index contributed by atoms with van der Waals surface area (Å²) in [5.74, 6) is 1.30. The number of hydrogen-bond acceptors (Lipinski definition) is 5. The summed E-state index contributed by atoms with van der Waals surface area (Å²) in [7, 11) is 1.72. The van der Waals surface area contributed by atoms with Gasteiger partial charge in [0.05, 0.1) is 12.1 Å². The normalized spacial score (nSPS) is 12.0. The second-order valence-corrected chi connectivity index (χ2v) is 4.12. The van der Waals surface area contributed by atoms with Crippen LogP contribution in [0.4, 0.5) is 0 Å². The zero-order valence-corrected chi connectivity index (χ0v) is 9.83.